The smallest absolute Gasteiger partial charge is 0.362 e. The van der Waals surface area contributed by atoms with Crippen LogP contribution in [0.1, 0.15) is 6.92 Å². The molecule has 1 saturated heterocycles. The van der Waals surface area contributed by atoms with Crippen LogP contribution in [0.2, 0.25) is 0 Å². The molecule has 0 aromatic carbocycles. The second-order valence-electron chi connectivity index (χ2n) is 5.75. The predicted octanol–water partition coefficient (Wildman–Crippen LogP) is -5.54. The van der Waals surface area contributed by atoms with Crippen molar-refractivity contribution in [3.05, 3.63) is 11.8 Å². The molecule has 29 heavy (non-hydrogen) atoms. The van der Waals surface area contributed by atoms with Crippen LogP contribution in [0.5, 0.6) is 0 Å². The van der Waals surface area contributed by atoms with Crippen LogP contribution < -0.4 is 21.7 Å². The summed E-state index contributed by atoms with van der Waals surface area (Å²) < 4.78 is 30.6. The molecule has 0 unspecified atom stereocenters. The van der Waals surface area contributed by atoms with Crippen LogP contribution in [-0.4, -0.2) is 88.4 Å². The molecule has 0 aromatic rings. The van der Waals surface area contributed by atoms with Gasteiger partial charge in [-0.1, -0.05) is 0 Å². The molecular weight excluding hydrogens is 418 g/mol. The van der Waals surface area contributed by atoms with Gasteiger partial charge in [0.2, 0.25) is 11.8 Å². The van der Waals surface area contributed by atoms with Crippen molar-refractivity contribution in [3.63, 3.8) is 0 Å². The molecular formula is C13H19N5O10S. The lowest BCUT2D eigenvalue weighted by molar-refractivity contribution is -0.140. The zero-order chi connectivity index (χ0) is 22.5. The molecule has 1 rings (SSSR count). The van der Waals surface area contributed by atoms with Crippen molar-refractivity contribution in [2.45, 2.75) is 25.1 Å². The first kappa shape index (κ1) is 24.0. The van der Waals surface area contributed by atoms with Gasteiger partial charge in [0.1, 0.15) is 17.8 Å². The summed E-state index contributed by atoms with van der Waals surface area (Å²) in [4.78, 5) is 58.4. The molecule has 0 spiro atoms. The third-order valence-electron chi connectivity index (χ3n) is 3.49. The summed E-state index contributed by atoms with van der Waals surface area (Å²) in [5, 5.41) is 23.9. The van der Waals surface area contributed by atoms with E-state index in [4.69, 9.17) is 20.5 Å². The number of aliphatic hydroxyl groups excluding tert-OH is 2. The Morgan fingerprint density at radius 2 is 1.90 bits per heavy atom. The Hall–Kier alpha value is -3.08. The highest BCUT2D eigenvalue weighted by molar-refractivity contribution is 7.84. The number of aliphatic hydroxyl groups is 2. The van der Waals surface area contributed by atoms with Crippen molar-refractivity contribution in [3.8, 4) is 0 Å². The Balaban J connectivity index is 2.79. The number of carbonyl (C=O) groups excluding carboxylic acids is 5. The van der Waals surface area contributed by atoms with Gasteiger partial charge in [0.15, 0.2) is 6.10 Å². The molecule has 3 atom stereocenters. The number of hydrogen-bond acceptors (Lipinski definition) is 9. The summed E-state index contributed by atoms with van der Waals surface area (Å²) in [7, 11) is -4.78. The number of amides is 5. The molecule has 16 heteroatoms. The molecule has 0 radical (unpaired) electrons. The summed E-state index contributed by atoms with van der Waals surface area (Å²) >= 11 is 0. The van der Waals surface area contributed by atoms with Gasteiger partial charge in [0.05, 0.1) is 13.2 Å². The number of β-lactam (4-membered cyclic amide) rings is 1. The van der Waals surface area contributed by atoms with Gasteiger partial charge in [-0.3, -0.25) is 28.5 Å². The van der Waals surface area contributed by atoms with Crippen LogP contribution in [0, 0.1) is 0 Å². The first-order chi connectivity index (χ1) is 13.3. The number of primary amides is 1. The summed E-state index contributed by atoms with van der Waals surface area (Å²) in [5.41, 5.74) is 4.22. The molecule has 1 aliphatic rings. The van der Waals surface area contributed by atoms with Gasteiger partial charge < -0.3 is 31.9 Å². The van der Waals surface area contributed by atoms with E-state index in [1.807, 2.05) is 16.0 Å². The van der Waals surface area contributed by atoms with Gasteiger partial charge in [-0.05, 0) is 6.92 Å². The van der Waals surface area contributed by atoms with Crippen molar-refractivity contribution >= 4 is 39.8 Å². The topological polar surface area (TPSA) is 246 Å². The van der Waals surface area contributed by atoms with Crippen molar-refractivity contribution in [1.82, 2.24) is 20.3 Å². The molecule has 5 amide bonds. The first-order valence-corrected chi connectivity index (χ1v) is 9.18. The fourth-order valence-electron chi connectivity index (χ4n) is 1.95. The van der Waals surface area contributed by atoms with Crippen LogP contribution in [0.25, 0.3) is 0 Å². The zero-order valence-electron chi connectivity index (χ0n) is 14.9. The van der Waals surface area contributed by atoms with Crippen molar-refractivity contribution in [1.29, 1.82) is 0 Å². The SMILES string of the molecule is C[C@@H](NC(=O)[C@@H](O)CO)C(=O)N/C(=C/C(N)=O)C(=O)N[C@@H]1CN(S(=O)(=O)O)C1=O. The number of nitrogens with two attached hydrogens (primary N) is 1. The highest BCUT2D eigenvalue weighted by Crippen LogP contribution is 2.14. The third-order valence-corrected chi connectivity index (χ3v) is 4.38. The van der Waals surface area contributed by atoms with Crippen LogP contribution in [-0.2, 0) is 34.3 Å². The van der Waals surface area contributed by atoms with E-state index in [0.717, 1.165) is 6.92 Å². The lowest BCUT2D eigenvalue weighted by Crippen LogP contribution is -2.65. The summed E-state index contributed by atoms with van der Waals surface area (Å²) in [6.45, 7) is -0.311. The largest absolute Gasteiger partial charge is 0.393 e. The molecule has 8 N–H and O–H groups in total. The summed E-state index contributed by atoms with van der Waals surface area (Å²) in [6.07, 6.45) is -1.28. The monoisotopic (exact) mass is 437 g/mol. The highest BCUT2D eigenvalue weighted by atomic mass is 32.2. The number of nitrogens with zero attached hydrogens (tertiary/aromatic N) is 1. The van der Waals surface area contributed by atoms with E-state index in [1.165, 1.54) is 0 Å². The maximum absolute atomic E-state index is 12.2. The Morgan fingerprint density at radius 3 is 2.34 bits per heavy atom. The maximum atomic E-state index is 12.2. The fourth-order valence-corrected chi connectivity index (χ4v) is 2.64. The summed E-state index contributed by atoms with van der Waals surface area (Å²) in [5.74, 6) is -5.58. The van der Waals surface area contributed by atoms with Gasteiger partial charge >= 0.3 is 10.3 Å². The lowest BCUT2D eigenvalue weighted by atomic mass is 10.1. The van der Waals surface area contributed by atoms with Gasteiger partial charge in [-0.25, -0.2) is 4.31 Å². The first-order valence-electron chi connectivity index (χ1n) is 7.79. The molecule has 0 saturated carbocycles. The average Bonchev–Trinajstić information content (AvgIpc) is 2.61. The minimum Gasteiger partial charge on any atom is -0.393 e. The number of hydrogen-bond donors (Lipinski definition) is 7. The van der Waals surface area contributed by atoms with Gasteiger partial charge in [-0.2, -0.15) is 8.42 Å². The number of nitrogens with one attached hydrogen (secondary N) is 3. The molecule has 15 nitrogen and oxygen atoms in total. The van der Waals surface area contributed by atoms with E-state index in [2.05, 4.69) is 0 Å². The standard InChI is InChI=1S/C13H19N5O10S/c1-5(15-12(24)8(20)4-19)10(22)16-6(2-9(14)21)11(23)17-7-3-18(13(7)25)29(26,27)28/h2,5,7-8,19-20H,3-4H2,1H3,(H2,14,21)(H,15,24)(H,16,22)(H,17,23)(H,26,27,28)/b6-2+/t5-,7-,8+/m1/s1. The molecule has 0 aliphatic carbocycles. The minimum absolute atomic E-state index is 0.0814. The highest BCUT2D eigenvalue weighted by Gasteiger charge is 2.44. The normalized spacial score (nSPS) is 18.9. The molecule has 162 valence electrons. The fraction of sp³-hybridized carbons (Fsp3) is 0.462. The maximum Gasteiger partial charge on any atom is 0.362 e. The Labute approximate surface area is 163 Å². The van der Waals surface area contributed by atoms with E-state index in [0.29, 0.717) is 6.08 Å². The molecule has 1 aliphatic heterocycles. The molecule has 1 heterocycles. The Morgan fingerprint density at radius 1 is 1.31 bits per heavy atom. The van der Waals surface area contributed by atoms with Crippen molar-refractivity contribution in [2.75, 3.05) is 13.2 Å². The van der Waals surface area contributed by atoms with E-state index >= 15 is 0 Å². The molecule has 1 fully saturated rings. The second-order valence-corrected chi connectivity index (χ2v) is 7.09. The Kier molecular flexibility index (Phi) is 7.78. The predicted molar refractivity (Wildman–Crippen MR) is 91.3 cm³/mol. The Bertz CT molecular complexity index is 854. The number of carbonyl (C=O) groups is 5. The van der Waals surface area contributed by atoms with E-state index < -0.39 is 76.9 Å². The van der Waals surface area contributed by atoms with Gasteiger partial charge in [-0.15, -0.1) is 0 Å². The average molecular weight is 437 g/mol. The third kappa shape index (κ3) is 6.49. The van der Waals surface area contributed by atoms with Crippen LogP contribution in [0.4, 0.5) is 0 Å². The number of rotatable bonds is 9. The lowest BCUT2D eigenvalue weighted by Gasteiger charge is -2.35. The van der Waals surface area contributed by atoms with E-state index in [-0.39, 0.29) is 4.31 Å². The van der Waals surface area contributed by atoms with Crippen molar-refractivity contribution in [2.24, 2.45) is 5.73 Å². The summed E-state index contributed by atoms with van der Waals surface area (Å²) in [6, 6.07) is -2.68. The van der Waals surface area contributed by atoms with Gasteiger partial charge in [0, 0.05) is 6.08 Å². The van der Waals surface area contributed by atoms with E-state index in [1.54, 1.807) is 0 Å². The van der Waals surface area contributed by atoms with E-state index in [9.17, 15) is 32.4 Å². The van der Waals surface area contributed by atoms with Crippen molar-refractivity contribution < 1.29 is 47.2 Å². The molecule has 0 bridgehead atoms. The van der Waals surface area contributed by atoms with Gasteiger partial charge in [0.25, 0.3) is 17.7 Å². The zero-order valence-corrected chi connectivity index (χ0v) is 15.7. The van der Waals surface area contributed by atoms with Crippen LogP contribution in [0.3, 0.4) is 0 Å². The molecule has 0 aromatic heterocycles. The van der Waals surface area contributed by atoms with Crippen LogP contribution in [0.15, 0.2) is 11.8 Å². The second kappa shape index (κ2) is 9.41. The minimum atomic E-state index is -4.78. The quantitative estimate of drug-likeness (QED) is 0.102. The van der Waals surface area contributed by atoms with Crippen LogP contribution >= 0.6 is 0 Å².